The van der Waals surface area contributed by atoms with Crippen LogP contribution in [-0.2, 0) is 9.53 Å². The molecule has 1 aromatic carbocycles. The van der Waals surface area contributed by atoms with Gasteiger partial charge in [-0.05, 0) is 25.0 Å². The van der Waals surface area contributed by atoms with Gasteiger partial charge in [0.2, 0.25) is 5.91 Å². The van der Waals surface area contributed by atoms with E-state index in [9.17, 15) is 4.79 Å². The summed E-state index contributed by atoms with van der Waals surface area (Å²) < 4.78 is 5.23. The second-order valence-electron chi connectivity index (χ2n) is 4.07. The van der Waals surface area contributed by atoms with Crippen LogP contribution in [0.25, 0.3) is 0 Å². The number of para-hydroxylation sites is 1. The van der Waals surface area contributed by atoms with E-state index in [-0.39, 0.29) is 11.8 Å². The van der Waals surface area contributed by atoms with E-state index in [1.807, 2.05) is 24.3 Å². The Kier molecular flexibility index (Phi) is 3.79. The van der Waals surface area contributed by atoms with Gasteiger partial charge in [-0.15, -0.1) is 6.42 Å². The fourth-order valence-electron chi connectivity index (χ4n) is 1.91. The van der Waals surface area contributed by atoms with E-state index in [4.69, 9.17) is 11.2 Å². The predicted octanol–water partition coefficient (Wildman–Crippen LogP) is 2.03. The van der Waals surface area contributed by atoms with E-state index in [0.717, 1.165) is 12.8 Å². The van der Waals surface area contributed by atoms with Crippen molar-refractivity contribution in [3.63, 3.8) is 0 Å². The van der Waals surface area contributed by atoms with Gasteiger partial charge in [0, 0.05) is 24.7 Å². The van der Waals surface area contributed by atoms with Crippen molar-refractivity contribution in [1.82, 2.24) is 0 Å². The Balaban J connectivity index is 2.05. The summed E-state index contributed by atoms with van der Waals surface area (Å²) in [5, 5.41) is 2.89. The van der Waals surface area contributed by atoms with Crippen molar-refractivity contribution >= 4 is 11.6 Å². The Labute approximate surface area is 101 Å². The Hall–Kier alpha value is -1.79. The van der Waals surface area contributed by atoms with Crippen molar-refractivity contribution in [3.8, 4) is 12.3 Å². The van der Waals surface area contributed by atoms with Crippen LogP contribution in [0.5, 0.6) is 0 Å². The van der Waals surface area contributed by atoms with Gasteiger partial charge in [0.05, 0.1) is 5.69 Å². The van der Waals surface area contributed by atoms with E-state index in [2.05, 4.69) is 11.2 Å². The lowest BCUT2D eigenvalue weighted by Crippen LogP contribution is -2.28. The molecular weight excluding hydrogens is 214 g/mol. The van der Waals surface area contributed by atoms with Crippen LogP contribution in [0, 0.1) is 18.3 Å². The lowest BCUT2D eigenvalue weighted by atomic mass is 9.99. The van der Waals surface area contributed by atoms with Crippen LogP contribution in [0.1, 0.15) is 18.4 Å². The zero-order chi connectivity index (χ0) is 12.1. The molecule has 1 saturated heterocycles. The second-order valence-corrected chi connectivity index (χ2v) is 4.07. The summed E-state index contributed by atoms with van der Waals surface area (Å²) in [6.07, 6.45) is 6.95. The fraction of sp³-hybridized carbons (Fsp3) is 0.357. The average Bonchev–Trinajstić information content (AvgIpc) is 2.40. The first-order valence-corrected chi connectivity index (χ1v) is 5.75. The van der Waals surface area contributed by atoms with E-state index >= 15 is 0 Å². The van der Waals surface area contributed by atoms with Crippen LogP contribution in [0.2, 0.25) is 0 Å². The van der Waals surface area contributed by atoms with E-state index in [1.165, 1.54) is 0 Å². The molecule has 1 N–H and O–H groups in total. The Bertz CT molecular complexity index is 442. The first kappa shape index (κ1) is 11.7. The molecule has 88 valence electrons. The summed E-state index contributed by atoms with van der Waals surface area (Å²) in [6.45, 7) is 1.32. The number of ether oxygens (including phenoxy) is 1. The van der Waals surface area contributed by atoms with Gasteiger partial charge in [-0.1, -0.05) is 18.1 Å². The number of hydrogen-bond donors (Lipinski definition) is 1. The number of anilines is 1. The molecule has 0 bridgehead atoms. The van der Waals surface area contributed by atoms with Gasteiger partial charge in [-0.25, -0.2) is 0 Å². The predicted molar refractivity (Wildman–Crippen MR) is 66.5 cm³/mol. The van der Waals surface area contributed by atoms with Crippen LogP contribution >= 0.6 is 0 Å². The molecule has 0 saturated carbocycles. The van der Waals surface area contributed by atoms with E-state index < -0.39 is 0 Å². The molecule has 0 unspecified atom stereocenters. The smallest absolute Gasteiger partial charge is 0.227 e. The number of terminal acetylenes is 1. The Morgan fingerprint density at radius 3 is 2.76 bits per heavy atom. The van der Waals surface area contributed by atoms with Crippen molar-refractivity contribution in [3.05, 3.63) is 29.8 Å². The molecule has 3 heteroatoms. The molecule has 17 heavy (non-hydrogen) atoms. The molecule has 3 nitrogen and oxygen atoms in total. The highest BCUT2D eigenvalue weighted by Gasteiger charge is 2.21. The first-order valence-electron chi connectivity index (χ1n) is 5.75. The standard InChI is InChI=1S/C14H15NO2/c1-2-11-5-3-4-6-13(11)15-14(16)12-7-9-17-10-8-12/h1,3-6,12H,7-10H2,(H,15,16). The van der Waals surface area contributed by atoms with Gasteiger partial charge in [0.1, 0.15) is 0 Å². The van der Waals surface area contributed by atoms with Crippen molar-refractivity contribution in [2.45, 2.75) is 12.8 Å². The third-order valence-corrected chi connectivity index (χ3v) is 2.93. The molecule has 0 atom stereocenters. The quantitative estimate of drug-likeness (QED) is 0.788. The Morgan fingerprint density at radius 2 is 2.06 bits per heavy atom. The summed E-state index contributed by atoms with van der Waals surface area (Å²) in [5.74, 6) is 2.64. The van der Waals surface area contributed by atoms with Gasteiger partial charge in [-0.3, -0.25) is 4.79 Å². The number of rotatable bonds is 2. The minimum Gasteiger partial charge on any atom is -0.381 e. The maximum Gasteiger partial charge on any atom is 0.227 e. The SMILES string of the molecule is C#Cc1ccccc1NC(=O)C1CCOCC1. The third kappa shape index (κ3) is 2.86. The minimum atomic E-state index is 0.0366. The number of amides is 1. The molecule has 1 aromatic rings. The van der Waals surface area contributed by atoms with Gasteiger partial charge in [-0.2, -0.15) is 0 Å². The van der Waals surface area contributed by atoms with E-state index in [1.54, 1.807) is 0 Å². The summed E-state index contributed by atoms with van der Waals surface area (Å²) in [4.78, 5) is 12.0. The average molecular weight is 229 g/mol. The molecule has 0 aliphatic carbocycles. The molecule has 0 spiro atoms. The van der Waals surface area contributed by atoms with Crippen LogP contribution in [0.4, 0.5) is 5.69 Å². The lowest BCUT2D eigenvalue weighted by Gasteiger charge is -2.21. The first-order chi connectivity index (χ1) is 8.31. The van der Waals surface area contributed by atoms with Gasteiger partial charge < -0.3 is 10.1 Å². The van der Waals surface area contributed by atoms with E-state index in [0.29, 0.717) is 24.5 Å². The number of benzene rings is 1. The lowest BCUT2D eigenvalue weighted by molar-refractivity contribution is -0.122. The molecule has 0 radical (unpaired) electrons. The molecule has 2 rings (SSSR count). The number of nitrogens with one attached hydrogen (secondary N) is 1. The molecule has 1 aliphatic rings. The summed E-state index contributed by atoms with van der Waals surface area (Å²) in [6, 6.07) is 7.37. The molecule has 1 aliphatic heterocycles. The van der Waals surface area contributed by atoms with Crippen LogP contribution < -0.4 is 5.32 Å². The van der Waals surface area contributed by atoms with Crippen LogP contribution in [0.3, 0.4) is 0 Å². The van der Waals surface area contributed by atoms with Gasteiger partial charge in [0.15, 0.2) is 0 Å². The number of carbonyl (C=O) groups excluding carboxylic acids is 1. The molecule has 1 amide bonds. The highest BCUT2D eigenvalue weighted by molar-refractivity contribution is 5.93. The van der Waals surface area contributed by atoms with Crippen molar-refractivity contribution in [2.24, 2.45) is 5.92 Å². The van der Waals surface area contributed by atoms with Crippen molar-refractivity contribution in [2.75, 3.05) is 18.5 Å². The third-order valence-electron chi connectivity index (χ3n) is 2.93. The highest BCUT2D eigenvalue weighted by Crippen LogP contribution is 2.19. The monoisotopic (exact) mass is 229 g/mol. The van der Waals surface area contributed by atoms with Gasteiger partial charge >= 0.3 is 0 Å². The largest absolute Gasteiger partial charge is 0.381 e. The fourth-order valence-corrected chi connectivity index (χ4v) is 1.91. The number of carbonyl (C=O) groups is 1. The molecule has 1 fully saturated rings. The minimum absolute atomic E-state index is 0.0366. The van der Waals surface area contributed by atoms with Crippen LogP contribution in [0.15, 0.2) is 24.3 Å². The van der Waals surface area contributed by atoms with Crippen LogP contribution in [-0.4, -0.2) is 19.1 Å². The summed E-state index contributed by atoms with van der Waals surface area (Å²) in [7, 11) is 0. The summed E-state index contributed by atoms with van der Waals surface area (Å²) in [5.41, 5.74) is 1.43. The Morgan fingerprint density at radius 1 is 1.35 bits per heavy atom. The number of hydrogen-bond acceptors (Lipinski definition) is 2. The highest BCUT2D eigenvalue weighted by atomic mass is 16.5. The van der Waals surface area contributed by atoms with Crippen molar-refractivity contribution < 1.29 is 9.53 Å². The molecule has 1 heterocycles. The van der Waals surface area contributed by atoms with Gasteiger partial charge in [0.25, 0.3) is 0 Å². The van der Waals surface area contributed by atoms with Crippen molar-refractivity contribution in [1.29, 1.82) is 0 Å². The molecular formula is C14H15NO2. The zero-order valence-electron chi connectivity index (χ0n) is 9.61. The normalized spacial score (nSPS) is 16.2. The topological polar surface area (TPSA) is 38.3 Å². The maximum atomic E-state index is 12.0. The summed E-state index contributed by atoms with van der Waals surface area (Å²) >= 11 is 0. The maximum absolute atomic E-state index is 12.0. The second kappa shape index (κ2) is 5.51. The zero-order valence-corrected chi connectivity index (χ0v) is 9.61. The molecule has 0 aromatic heterocycles.